The van der Waals surface area contributed by atoms with Crippen molar-refractivity contribution >= 4 is 13.7 Å². The van der Waals surface area contributed by atoms with Crippen molar-refractivity contribution in [3.8, 4) is 0 Å². The van der Waals surface area contributed by atoms with Gasteiger partial charge in [-0.2, -0.15) is 0 Å². The van der Waals surface area contributed by atoms with Crippen LogP contribution in [0.15, 0.2) is 12.2 Å². The van der Waals surface area contributed by atoms with Crippen LogP contribution >= 0.6 is 7.82 Å². The summed E-state index contributed by atoms with van der Waals surface area (Å²) in [7, 11) is -5.11. The predicted molar refractivity (Wildman–Crippen MR) is 220 cm³/mol. The molecule has 0 aromatic heterocycles. The molecule has 0 saturated heterocycles. The molecule has 9 N–H and O–H groups in total. The first-order chi connectivity index (χ1) is 26.8. The first-order valence-corrected chi connectivity index (χ1v) is 23.7. The monoisotopic (exact) mass is 824 g/mol. The number of phosphoric ester groups is 1. The molecule has 13 nitrogen and oxygen atoms in total. The van der Waals surface area contributed by atoms with Crippen LogP contribution in [-0.4, -0.2) is 108 Å². The standard InChI is InChI=1S/C42H82NO12P/c1-3-5-7-9-11-13-15-16-17-18-20-21-23-25-27-29-33(44)31-36(46)43-34(35(45)30-28-26-24-22-19-14-12-10-8-6-4-2)32-54-56(52,53)55-42-40(50)38(48)37(47)39(49)41(42)51/h16-17,33-35,37-42,44-45,47-51H,3-15,18-32H2,1-2H3,(H,43,46)(H,52,53)/b17-16-. The number of allylic oxidation sites excluding steroid dienone is 2. The van der Waals surface area contributed by atoms with Gasteiger partial charge in [-0.1, -0.05) is 154 Å². The first kappa shape index (κ1) is 53.1. The van der Waals surface area contributed by atoms with Gasteiger partial charge >= 0.3 is 7.82 Å². The Labute approximate surface area is 338 Å². The van der Waals surface area contributed by atoms with Crippen molar-refractivity contribution in [2.45, 2.75) is 242 Å². The number of carbonyl (C=O) groups is 1. The van der Waals surface area contributed by atoms with Crippen molar-refractivity contribution < 1.29 is 59.0 Å². The fourth-order valence-corrected chi connectivity index (χ4v) is 8.15. The summed E-state index contributed by atoms with van der Waals surface area (Å²) in [5.41, 5.74) is 0. The van der Waals surface area contributed by atoms with Crippen molar-refractivity contribution in [2.75, 3.05) is 6.61 Å². The van der Waals surface area contributed by atoms with Crippen molar-refractivity contribution in [3.63, 3.8) is 0 Å². The van der Waals surface area contributed by atoms with Gasteiger partial charge in [0.15, 0.2) is 0 Å². The highest BCUT2D eigenvalue weighted by atomic mass is 31.2. The van der Waals surface area contributed by atoms with Crippen LogP contribution in [0.4, 0.5) is 0 Å². The van der Waals surface area contributed by atoms with Gasteiger partial charge in [0.25, 0.3) is 0 Å². The molecule has 332 valence electrons. The van der Waals surface area contributed by atoms with Crippen molar-refractivity contribution in [3.05, 3.63) is 12.2 Å². The summed E-state index contributed by atoms with van der Waals surface area (Å²) >= 11 is 0. The molecule has 56 heavy (non-hydrogen) atoms. The van der Waals surface area contributed by atoms with Crippen molar-refractivity contribution in [1.29, 1.82) is 0 Å². The van der Waals surface area contributed by atoms with Gasteiger partial charge in [0, 0.05) is 0 Å². The molecule has 0 bridgehead atoms. The number of nitrogens with one attached hydrogen (secondary N) is 1. The summed E-state index contributed by atoms with van der Waals surface area (Å²) in [6.45, 7) is 3.75. The van der Waals surface area contributed by atoms with Gasteiger partial charge < -0.3 is 46.0 Å². The van der Waals surface area contributed by atoms with Gasteiger partial charge in [0.1, 0.15) is 36.6 Å². The van der Waals surface area contributed by atoms with Gasteiger partial charge in [0.2, 0.25) is 5.91 Å². The second-order valence-electron chi connectivity index (χ2n) is 16.1. The van der Waals surface area contributed by atoms with Crippen LogP contribution in [0, 0.1) is 0 Å². The molecular formula is C42H82NO12P. The van der Waals surface area contributed by atoms with Crippen molar-refractivity contribution in [2.24, 2.45) is 0 Å². The second kappa shape index (κ2) is 32.8. The number of carbonyl (C=O) groups excluding carboxylic acids is 1. The Balaban J connectivity index is 2.54. The SMILES string of the molecule is CCCCCCCC/C=C\CCCCCCCC(O)CC(=O)NC(COP(=O)(O)OC1C(O)C(O)C(O)C(O)C1O)C(O)CCCCCCCCCCCCC. The van der Waals surface area contributed by atoms with E-state index in [2.05, 4.69) is 31.3 Å². The number of unbranched alkanes of at least 4 members (excludes halogenated alkanes) is 21. The Morgan fingerprint density at radius 2 is 1.00 bits per heavy atom. The molecule has 1 rings (SSSR count). The minimum absolute atomic E-state index is 0.225. The van der Waals surface area contributed by atoms with E-state index in [0.29, 0.717) is 12.8 Å². The summed E-state index contributed by atoms with van der Waals surface area (Å²) < 4.78 is 22.8. The number of aliphatic hydroxyl groups excluding tert-OH is 7. The highest BCUT2D eigenvalue weighted by Gasteiger charge is 2.51. The lowest BCUT2D eigenvalue weighted by molar-refractivity contribution is -0.220. The van der Waals surface area contributed by atoms with Crippen LogP contribution in [0.2, 0.25) is 0 Å². The van der Waals surface area contributed by atoms with Crippen molar-refractivity contribution in [1.82, 2.24) is 5.32 Å². The Hall–Kier alpha value is -0.960. The third kappa shape index (κ3) is 24.8. The Kier molecular flexibility index (Phi) is 31.1. The van der Waals surface area contributed by atoms with E-state index in [-0.39, 0.29) is 12.8 Å². The summed E-state index contributed by atoms with van der Waals surface area (Å²) in [4.78, 5) is 23.4. The number of rotatable bonds is 36. The smallest absolute Gasteiger partial charge is 0.393 e. The third-order valence-corrected chi connectivity index (χ3v) is 11.9. The fraction of sp³-hybridized carbons (Fsp3) is 0.929. The van der Waals surface area contributed by atoms with Crippen LogP contribution in [-0.2, 0) is 18.4 Å². The zero-order chi connectivity index (χ0) is 41.6. The van der Waals surface area contributed by atoms with Crippen LogP contribution in [0.1, 0.15) is 187 Å². The first-order valence-electron chi connectivity index (χ1n) is 22.2. The molecule has 1 aliphatic rings. The number of hydrogen-bond donors (Lipinski definition) is 9. The van der Waals surface area contributed by atoms with E-state index in [4.69, 9.17) is 9.05 Å². The second-order valence-corrected chi connectivity index (χ2v) is 17.5. The minimum atomic E-state index is -5.11. The minimum Gasteiger partial charge on any atom is -0.393 e. The maximum Gasteiger partial charge on any atom is 0.472 e. The molecule has 0 aromatic carbocycles. The van der Waals surface area contributed by atoms with Crippen LogP contribution in [0.25, 0.3) is 0 Å². The lowest BCUT2D eigenvalue weighted by atomic mass is 9.85. The highest BCUT2D eigenvalue weighted by molar-refractivity contribution is 7.47. The van der Waals surface area contributed by atoms with Gasteiger partial charge in [-0.3, -0.25) is 13.8 Å². The number of aliphatic hydroxyl groups is 7. The average molecular weight is 824 g/mol. The molecule has 0 spiro atoms. The molecule has 8 unspecified atom stereocenters. The maximum atomic E-state index is 13.0. The third-order valence-electron chi connectivity index (χ3n) is 10.9. The average Bonchev–Trinajstić information content (AvgIpc) is 3.17. The molecular weight excluding hydrogens is 741 g/mol. The van der Waals surface area contributed by atoms with Crippen LogP contribution < -0.4 is 5.32 Å². The Bertz CT molecular complexity index is 1020. The van der Waals surface area contributed by atoms with E-state index in [0.717, 1.165) is 70.6 Å². The summed E-state index contributed by atoms with van der Waals surface area (Å²) in [5.74, 6) is -0.566. The van der Waals surface area contributed by atoms with E-state index in [1.54, 1.807) is 0 Å². The molecule has 1 aliphatic carbocycles. The summed E-state index contributed by atoms with van der Waals surface area (Å²) in [6.07, 6.45) is 18.4. The molecule has 8 atom stereocenters. The van der Waals surface area contributed by atoms with E-state index >= 15 is 0 Å². The van der Waals surface area contributed by atoms with Gasteiger partial charge in [-0.05, 0) is 38.5 Å². The Morgan fingerprint density at radius 3 is 1.46 bits per heavy atom. The fourth-order valence-electron chi connectivity index (χ4n) is 7.18. The van der Waals surface area contributed by atoms with Gasteiger partial charge in [0.05, 0.1) is 31.3 Å². The predicted octanol–water partition coefficient (Wildman–Crippen LogP) is 6.64. The molecule has 1 fully saturated rings. The molecule has 0 radical (unpaired) electrons. The van der Waals surface area contributed by atoms with E-state index < -0.39 is 75.2 Å². The lowest BCUT2D eigenvalue weighted by Gasteiger charge is -2.41. The van der Waals surface area contributed by atoms with Crippen LogP contribution in [0.5, 0.6) is 0 Å². The maximum absolute atomic E-state index is 13.0. The van der Waals surface area contributed by atoms with Crippen LogP contribution in [0.3, 0.4) is 0 Å². The highest BCUT2D eigenvalue weighted by Crippen LogP contribution is 2.47. The molecule has 0 heterocycles. The summed E-state index contributed by atoms with van der Waals surface area (Å²) in [6, 6.07) is -1.15. The normalized spacial score (nSPS) is 24.2. The molecule has 1 amide bonds. The van der Waals surface area contributed by atoms with E-state index in [1.807, 2.05) is 0 Å². The van der Waals surface area contributed by atoms with Gasteiger partial charge in [-0.15, -0.1) is 0 Å². The quantitative estimate of drug-likeness (QED) is 0.0184. The molecule has 0 aromatic rings. The lowest BCUT2D eigenvalue weighted by Crippen LogP contribution is -2.64. The molecule has 0 aliphatic heterocycles. The zero-order valence-electron chi connectivity index (χ0n) is 34.8. The molecule has 1 saturated carbocycles. The number of amides is 1. The van der Waals surface area contributed by atoms with E-state index in [1.165, 1.54) is 77.0 Å². The van der Waals surface area contributed by atoms with Gasteiger partial charge in [-0.25, -0.2) is 4.57 Å². The summed E-state index contributed by atoms with van der Waals surface area (Å²) in [5, 5.41) is 74.4. The molecule has 14 heteroatoms. The topological polar surface area (TPSA) is 226 Å². The van der Waals surface area contributed by atoms with E-state index in [9.17, 15) is 50.0 Å². The number of hydrogen-bond acceptors (Lipinski definition) is 11. The zero-order valence-corrected chi connectivity index (χ0v) is 35.7. The number of phosphoric acid groups is 1. The Morgan fingerprint density at radius 1 is 0.607 bits per heavy atom. The largest absolute Gasteiger partial charge is 0.472 e.